The highest BCUT2D eigenvalue weighted by molar-refractivity contribution is 5.22. The Hall–Kier alpha value is -1.00. The summed E-state index contributed by atoms with van der Waals surface area (Å²) in [6.07, 6.45) is -0.309. The second-order valence-corrected chi connectivity index (χ2v) is 3.95. The van der Waals surface area contributed by atoms with Crippen LogP contribution in [0, 0.1) is 11.6 Å². The molecule has 1 fully saturated rings. The molecular weight excluding hydrogens is 200 g/mol. The van der Waals surface area contributed by atoms with Gasteiger partial charge in [-0.1, -0.05) is 6.07 Å². The predicted molar refractivity (Wildman–Crippen MR) is 52.4 cm³/mol. The molecule has 1 aromatic carbocycles. The monoisotopic (exact) mass is 213 g/mol. The maximum Gasteiger partial charge on any atom is 0.130 e. The lowest BCUT2D eigenvalue weighted by molar-refractivity contribution is -0.0218. The lowest BCUT2D eigenvalue weighted by atomic mass is 10.0. The first-order valence-electron chi connectivity index (χ1n) is 4.95. The maximum absolute atomic E-state index is 13.4. The standard InChI is InChI=1S/C11H13F2NO/c1-7(14-5-9(15)6-14)10-3-2-8(12)4-11(10)13/h2-4,7,9,15H,5-6H2,1H3/t7-/m1/s1. The molecule has 15 heavy (non-hydrogen) atoms. The van der Waals surface area contributed by atoms with Gasteiger partial charge in [-0.3, -0.25) is 4.90 Å². The van der Waals surface area contributed by atoms with Crippen LogP contribution < -0.4 is 0 Å². The summed E-state index contributed by atoms with van der Waals surface area (Å²) in [5, 5.41) is 9.13. The van der Waals surface area contributed by atoms with E-state index >= 15 is 0 Å². The Balaban J connectivity index is 2.15. The predicted octanol–water partition coefficient (Wildman–Crippen LogP) is 1.70. The van der Waals surface area contributed by atoms with Crippen LogP contribution in [0.1, 0.15) is 18.5 Å². The molecule has 4 heteroatoms. The van der Waals surface area contributed by atoms with E-state index in [0.717, 1.165) is 6.07 Å². The van der Waals surface area contributed by atoms with Crippen molar-refractivity contribution in [2.24, 2.45) is 0 Å². The fourth-order valence-electron chi connectivity index (χ4n) is 1.84. The van der Waals surface area contributed by atoms with Gasteiger partial charge in [0.2, 0.25) is 0 Å². The maximum atomic E-state index is 13.4. The van der Waals surface area contributed by atoms with E-state index in [-0.39, 0.29) is 12.1 Å². The Kier molecular flexibility index (Phi) is 2.71. The first-order chi connectivity index (χ1) is 7.08. The fraction of sp³-hybridized carbons (Fsp3) is 0.455. The molecule has 0 saturated carbocycles. The number of aliphatic hydroxyl groups is 1. The molecule has 1 atom stereocenters. The average molecular weight is 213 g/mol. The molecule has 2 rings (SSSR count). The summed E-state index contributed by atoms with van der Waals surface area (Å²) >= 11 is 0. The number of hydrogen-bond donors (Lipinski definition) is 1. The number of aliphatic hydroxyl groups excluding tert-OH is 1. The molecule has 0 radical (unpaired) electrons. The van der Waals surface area contributed by atoms with E-state index < -0.39 is 11.6 Å². The van der Waals surface area contributed by atoms with Crippen molar-refractivity contribution in [1.82, 2.24) is 4.90 Å². The van der Waals surface area contributed by atoms with Crippen molar-refractivity contribution >= 4 is 0 Å². The molecular formula is C11H13F2NO. The summed E-state index contributed by atoms with van der Waals surface area (Å²) < 4.78 is 26.1. The van der Waals surface area contributed by atoms with Gasteiger partial charge in [0, 0.05) is 30.8 Å². The number of hydrogen-bond acceptors (Lipinski definition) is 2. The Bertz CT molecular complexity index is 364. The minimum absolute atomic E-state index is 0.117. The zero-order chi connectivity index (χ0) is 11.0. The van der Waals surface area contributed by atoms with Gasteiger partial charge in [-0.2, -0.15) is 0 Å². The minimum Gasteiger partial charge on any atom is -0.390 e. The first kappa shape index (κ1) is 10.5. The molecule has 0 aliphatic carbocycles. The molecule has 1 aliphatic heterocycles. The summed E-state index contributed by atoms with van der Waals surface area (Å²) in [6, 6.07) is 3.49. The van der Waals surface area contributed by atoms with Crippen LogP contribution in [0.5, 0.6) is 0 Å². The lowest BCUT2D eigenvalue weighted by Crippen LogP contribution is -2.51. The Morgan fingerprint density at radius 2 is 2.07 bits per heavy atom. The molecule has 1 heterocycles. The molecule has 1 N–H and O–H groups in total. The second-order valence-electron chi connectivity index (χ2n) is 3.95. The van der Waals surface area contributed by atoms with Gasteiger partial charge in [0.1, 0.15) is 11.6 Å². The van der Waals surface area contributed by atoms with E-state index in [2.05, 4.69) is 0 Å². The van der Waals surface area contributed by atoms with E-state index in [1.165, 1.54) is 12.1 Å². The topological polar surface area (TPSA) is 23.5 Å². The fourth-order valence-corrected chi connectivity index (χ4v) is 1.84. The molecule has 0 aromatic heterocycles. The van der Waals surface area contributed by atoms with E-state index in [1.807, 2.05) is 11.8 Å². The largest absolute Gasteiger partial charge is 0.390 e. The Morgan fingerprint density at radius 3 is 2.60 bits per heavy atom. The van der Waals surface area contributed by atoms with Crippen molar-refractivity contribution in [2.45, 2.75) is 19.1 Å². The van der Waals surface area contributed by atoms with E-state index in [0.29, 0.717) is 18.7 Å². The highest BCUT2D eigenvalue weighted by Crippen LogP contribution is 2.27. The van der Waals surface area contributed by atoms with Crippen LogP contribution in [0.25, 0.3) is 0 Å². The Labute approximate surface area is 87.1 Å². The van der Waals surface area contributed by atoms with Gasteiger partial charge in [0.05, 0.1) is 6.10 Å². The van der Waals surface area contributed by atoms with Crippen molar-refractivity contribution in [3.05, 3.63) is 35.4 Å². The quantitative estimate of drug-likeness (QED) is 0.808. The van der Waals surface area contributed by atoms with Gasteiger partial charge in [-0.25, -0.2) is 8.78 Å². The lowest BCUT2D eigenvalue weighted by Gasteiger charge is -2.40. The van der Waals surface area contributed by atoms with Crippen LogP contribution in [-0.2, 0) is 0 Å². The number of benzene rings is 1. The number of β-amino-alcohol motifs (C(OH)–C–C–N with tert-alkyl or cyclic N) is 1. The summed E-state index contributed by atoms with van der Waals surface area (Å²) in [5.41, 5.74) is 0.475. The van der Waals surface area contributed by atoms with Crippen molar-refractivity contribution in [2.75, 3.05) is 13.1 Å². The highest BCUT2D eigenvalue weighted by Gasteiger charge is 2.30. The van der Waals surface area contributed by atoms with Crippen molar-refractivity contribution in [3.63, 3.8) is 0 Å². The van der Waals surface area contributed by atoms with Gasteiger partial charge in [0.15, 0.2) is 0 Å². The van der Waals surface area contributed by atoms with Crippen LogP contribution >= 0.6 is 0 Å². The molecule has 1 aromatic rings. The molecule has 0 bridgehead atoms. The van der Waals surface area contributed by atoms with E-state index in [9.17, 15) is 8.78 Å². The summed E-state index contributed by atoms with van der Waals surface area (Å²) in [5.74, 6) is -1.09. The third-order valence-electron chi connectivity index (χ3n) is 2.85. The molecule has 0 spiro atoms. The normalized spacial score (nSPS) is 20.0. The number of rotatable bonds is 2. The molecule has 1 aliphatic rings. The third-order valence-corrected chi connectivity index (χ3v) is 2.85. The molecule has 82 valence electrons. The minimum atomic E-state index is -0.563. The highest BCUT2D eigenvalue weighted by atomic mass is 19.1. The van der Waals surface area contributed by atoms with Crippen LogP contribution in [-0.4, -0.2) is 29.2 Å². The van der Waals surface area contributed by atoms with Crippen LogP contribution in [0.3, 0.4) is 0 Å². The van der Waals surface area contributed by atoms with Crippen molar-refractivity contribution in [3.8, 4) is 0 Å². The van der Waals surface area contributed by atoms with E-state index in [1.54, 1.807) is 0 Å². The first-order valence-corrected chi connectivity index (χ1v) is 4.95. The third kappa shape index (κ3) is 2.01. The summed E-state index contributed by atoms with van der Waals surface area (Å²) in [4.78, 5) is 1.95. The smallest absolute Gasteiger partial charge is 0.130 e. The van der Waals surface area contributed by atoms with Crippen molar-refractivity contribution in [1.29, 1.82) is 0 Å². The zero-order valence-electron chi connectivity index (χ0n) is 8.45. The second kappa shape index (κ2) is 3.87. The van der Waals surface area contributed by atoms with Gasteiger partial charge < -0.3 is 5.11 Å². The van der Waals surface area contributed by atoms with Gasteiger partial charge >= 0.3 is 0 Å². The van der Waals surface area contributed by atoms with E-state index in [4.69, 9.17) is 5.11 Å². The molecule has 2 nitrogen and oxygen atoms in total. The van der Waals surface area contributed by atoms with Gasteiger partial charge in [-0.05, 0) is 13.0 Å². The molecule has 0 amide bonds. The molecule has 0 unspecified atom stereocenters. The van der Waals surface area contributed by atoms with Gasteiger partial charge in [0.25, 0.3) is 0 Å². The average Bonchev–Trinajstić information content (AvgIpc) is 2.12. The molecule has 1 saturated heterocycles. The van der Waals surface area contributed by atoms with Crippen LogP contribution in [0.2, 0.25) is 0 Å². The van der Waals surface area contributed by atoms with Crippen molar-refractivity contribution < 1.29 is 13.9 Å². The van der Waals surface area contributed by atoms with Crippen LogP contribution in [0.15, 0.2) is 18.2 Å². The number of likely N-dealkylation sites (tertiary alicyclic amines) is 1. The Morgan fingerprint density at radius 1 is 1.40 bits per heavy atom. The van der Waals surface area contributed by atoms with Gasteiger partial charge in [-0.15, -0.1) is 0 Å². The summed E-state index contributed by atoms with van der Waals surface area (Å²) in [6.45, 7) is 2.96. The zero-order valence-corrected chi connectivity index (χ0v) is 8.45. The number of halogens is 2. The number of nitrogens with zero attached hydrogens (tertiary/aromatic N) is 1. The van der Waals surface area contributed by atoms with Crippen LogP contribution in [0.4, 0.5) is 8.78 Å². The SMILES string of the molecule is C[C@H](c1ccc(F)cc1F)N1CC(O)C1. The summed E-state index contributed by atoms with van der Waals surface area (Å²) in [7, 11) is 0.